The summed E-state index contributed by atoms with van der Waals surface area (Å²) in [7, 11) is 0. The van der Waals surface area contributed by atoms with E-state index in [4.69, 9.17) is 4.74 Å². The van der Waals surface area contributed by atoms with Gasteiger partial charge in [-0.05, 0) is 79.1 Å². The van der Waals surface area contributed by atoms with E-state index in [1.165, 1.54) is 64.7 Å². The standard InChI is InChI=1S/C20H40N2O/c1-16(2)21-12-14-22(15-13-21)18(5)6-7-19-8-10-20(11-9-19)23-17(3)4/h16-20H,6-15H2,1-5H3/t18-,19?,20?/m0/s1. The Morgan fingerprint density at radius 3 is 1.91 bits per heavy atom. The molecule has 2 aliphatic rings. The molecule has 0 aromatic carbocycles. The van der Waals surface area contributed by atoms with Crippen molar-refractivity contribution in [2.24, 2.45) is 5.92 Å². The van der Waals surface area contributed by atoms with Gasteiger partial charge in [0.25, 0.3) is 0 Å². The van der Waals surface area contributed by atoms with Gasteiger partial charge in [-0.15, -0.1) is 0 Å². The minimum Gasteiger partial charge on any atom is -0.376 e. The first-order valence-electron chi connectivity index (χ1n) is 10.1. The topological polar surface area (TPSA) is 15.7 Å². The quantitative estimate of drug-likeness (QED) is 0.699. The predicted molar refractivity (Wildman–Crippen MR) is 98.9 cm³/mol. The maximum Gasteiger partial charge on any atom is 0.0578 e. The SMILES string of the molecule is CC(C)OC1CCC(CC[C@H](C)N2CCN(C(C)C)CC2)CC1. The molecule has 3 nitrogen and oxygen atoms in total. The summed E-state index contributed by atoms with van der Waals surface area (Å²) < 4.78 is 5.98. The number of nitrogens with zero attached hydrogens (tertiary/aromatic N) is 2. The molecular weight excluding hydrogens is 284 g/mol. The molecule has 0 N–H and O–H groups in total. The molecule has 1 saturated carbocycles. The van der Waals surface area contributed by atoms with E-state index >= 15 is 0 Å². The molecule has 23 heavy (non-hydrogen) atoms. The second-order valence-corrected chi connectivity index (χ2v) is 8.42. The van der Waals surface area contributed by atoms with Crippen LogP contribution in [0.2, 0.25) is 0 Å². The van der Waals surface area contributed by atoms with Crippen LogP contribution in [0.1, 0.15) is 73.1 Å². The number of ether oxygens (including phenoxy) is 1. The number of rotatable bonds is 7. The van der Waals surface area contributed by atoms with Crippen molar-refractivity contribution in [3.05, 3.63) is 0 Å². The van der Waals surface area contributed by atoms with Crippen molar-refractivity contribution in [2.75, 3.05) is 26.2 Å². The molecule has 1 atom stereocenters. The van der Waals surface area contributed by atoms with Gasteiger partial charge >= 0.3 is 0 Å². The summed E-state index contributed by atoms with van der Waals surface area (Å²) in [5, 5.41) is 0. The van der Waals surface area contributed by atoms with Crippen molar-refractivity contribution in [2.45, 2.75) is 97.4 Å². The van der Waals surface area contributed by atoms with E-state index in [2.05, 4.69) is 44.4 Å². The molecule has 0 bridgehead atoms. The van der Waals surface area contributed by atoms with Crippen molar-refractivity contribution in [3.63, 3.8) is 0 Å². The molecule has 1 aliphatic heterocycles. The van der Waals surface area contributed by atoms with Gasteiger partial charge in [0, 0.05) is 38.3 Å². The molecule has 0 radical (unpaired) electrons. The van der Waals surface area contributed by atoms with Crippen molar-refractivity contribution in [1.82, 2.24) is 9.80 Å². The van der Waals surface area contributed by atoms with Crippen LogP contribution < -0.4 is 0 Å². The summed E-state index contributed by atoms with van der Waals surface area (Å²) in [4.78, 5) is 5.33. The van der Waals surface area contributed by atoms with Crippen LogP contribution in [0.15, 0.2) is 0 Å². The van der Waals surface area contributed by atoms with Gasteiger partial charge in [-0.1, -0.05) is 0 Å². The van der Waals surface area contributed by atoms with Crippen LogP contribution in [-0.4, -0.2) is 60.3 Å². The second-order valence-electron chi connectivity index (χ2n) is 8.42. The molecule has 0 spiro atoms. The first kappa shape index (κ1) is 19.2. The molecule has 136 valence electrons. The van der Waals surface area contributed by atoms with Gasteiger partial charge in [0.1, 0.15) is 0 Å². The minimum absolute atomic E-state index is 0.390. The van der Waals surface area contributed by atoms with Crippen molar-refractivity contribution in [1.29, 1.82) is 0 Å². The number of hydrogen-bond donors (Lipinski definition) is 0. The summed E-state index contributed by atoms with van der Waals surface area (Å²) in [6.45, 7) is 16.4. The summed E-state index contributed by atoms with van der Waals surface area (Å²) in [6, 6.07) is 1.46. The smallest absolute Gasteiger partial charge is 0.0578 e. The van der Waals surface area contributed by atoms with Crippen LogP contribution in [-0.2, 0) is 4.74 Å². The Balaban J connectivity index is 1.61. The molecule has 0 unspecified atom stereocenters. The minimum atomic E-state index is 0.390. The molecule has 2 fully saturated rings. The van der Waals surface area contributed by atoms with E-state index in [9.17, 15) is 0 Å². The molecule has 0 aromatic rings. The lowest BCUT2D eigenvalue weighted by Crippen LogP contribution is -2.51. The zero-order valence-corrected chi connectivity index (χ0v) is 16.3. The van der Waals surface area contributed by atoms with E-state index < -0.39 is 0 Å². The highest BCUT2D eigenvalue weighted by Gasteiger charge is 2.25. The first-order chi connectivity index (χ1) is 11.0. The van der Waals surface area contributed by atoms with Crippen LogP contribution >= 0.6 is 0 Å². The van der Waals surface area contributed by atoms with Crippen LogP contribution in [0.3, 0.4) is 0 Å². The molecular formula is C20H40N2O. The predicted octanol–water partition coefficient (Wildman–Crippen LogP) is 4.16. The Bertz CT molecular complexity index is 316. The van der Waals surface area contributed by atoms with Crippen LogP contribution in [0.4, 0.5) is 0 Å². The molecule has 0 aromatic heterocycles. The fourth-order valence-electron chi connectivity index (χ4n) is 4.30. The lowest BCUT2D eigenvalue weighted by atomic mass is 9.83. The molecule has 1 heterocycles. The summed E-state index contributed by atoms with van der Waals surface area (Å²) in [5.74, 6) is 0.946. The number of hydrogen-bond acceptors (Lipinski definition) is 3. The van der Waals surface area contributed by atoms with Crippen molar-refractivity contribution in [3.8, 4) is 0 Å². The average Bonchev–Trinajstić information content (AvgIpc) is 2.53. The third kappa shape index (κ3) is 6.36. The third-order valence-electron chi connectivity index (χ3n) is 5.95. The fraction of sp³-hybridized carbons (Fsp3) is 1.00. The maximum atomic E-state index is 5.98. The fourth-order valence-corrected chi connectivity index (χ4v) is 4.30. The van der Waals surface area contributed by atoms with E-state index in [0.29, 0.717) is 18.2 Å². The van der Waals surface area contributed by atoms with E-state index in [-0.39, 0.29) is 0 Å². The van der Waals surface area contributed by atoms with Gasteiger partial charge in [-0.3, -0.25) is 9.80 Å². The van der Waals surface area contributed by atoms with Gasteiger partial charge in [-0.25, -0.2) is 0 Å². The van der Waals surface area contributed by atoms with Crippen LogP contribution in [0.25, 0.3) is 0 Å². The Morgan fingerprint density at radius 2 is 1.39 bits per heavy atom. The van der Waals surface area contributed by atoms with E-state index in [1.54, 1.807) is 0 Å². The van der Waals surface area contributed by atoms with Crippen molar-refractivity contribution < 1.29 is 4.74 Å². The van der Waals surface area contributed by atoms with Crippen LogP contribution in [0, 0.1) is 5.92 Å². The van der Waals surface area contributed by atoms with Gasteiger partial charge in [-0.2, -0.15) is 0 Å². The lowest BCUT2D eigenvalue weighted by molar-refractivity contribution is -0.0209. The zero-order chi connectivity index (χ0) is 16.8. The highest BCUT2D eigenvalue weighted by Crippen LogP contribution is 2.30. The highest BCUT2D eigenvalue weighted by molar-refractivity contribution is 4.80. The maximum absolute atomic E-state index is 5.98. The second kappa shape index (κ2) is 9.39. The monoisotopic (exact) mass is 324 g/mol. The number of piperazine rings is 1. The summed E-state index contributed by atoms with van der Waals surface area (Å²) >= 11 is 0. The Labute approximate surface area is 144 Å². The van der Waals surface area contributed by atoms with Crippen LogP contribution in [0.5, 0.6) is 0 Å². The van der Waals surface area contributed by atoms with Gasteiger partial charge in [0.15, 0.2) is 0 Å². The van der Waals surface area contributed by atoms with Gasteiger partial charge in [0.2, 0.25) is 0 Å². The van der Waals surface area contributed by atoms with Gasteiger partial charge in [0.05, 0.1) is 12.2 Å². The zero-order valence-electron chi connectivity index (χ0n) is 16.3. The lowest BCUT2D eigenvalue weighted by Gasteiger charge is -2.40. The van der Waals surface area contributed by atoms with Crippen molar-refractivity contribution >= 4 is 0 Å². The molecule has 1 saturated heterocycles. The molecule has 1 aliphatic carbocycles. The van der Waals surface area contributed by atoms with E-state index in [0.717, 1.165) is 12.0 Å². The third-order valence-corrected chi connectivity index (χ3v) is 5.95. The largest absolute Gasteiger partial charge is 0.376 e. The Hall–Kier alpha value is -0.120. The normalized spacial score (nSPS) is 29.3. The summed E-state index contributed by atoms with van der Waals surface area (Å²) in [5.41, 5.74) is 0. The Morgan fingerprint density at radius 1 is 0.826 bits per heavy atom. The first-order valence-corrected chi connectivity index (χ1v) is 10.1. The molecule has 2 rings (SSSR count). The van der Waals surface area contributed by atoms with E-state index in [1.807, 2.05) is 0 Å². The molecule has 3 heteroatoms. The van der Waals surface area contributed by atoms with Gasteiger partial charge < -0.3 is 4.74 Å². The Kier molecular flexibility index (Phi) is 7.84. The summed E-state index contributed by atoms with van der Waals surface area (Å²) in [6.07, 6.45) is 9.04. The highest BCUT2D eigenvalue weighted by atomic mass is 16.5. The molecule has 0 amide bonds. The average molecular weight is 325 g/mol.